The maximum Gasteiger partial charge on any atom is 0.259 e. The SMILES string of the molecule is O=c1cc(NCCOc2ccc3c(c2)OCO3)nc2ccccn12. The molecular formula is C17H15N3O4. The zero-order chi connectivity index (χ0) is 16.4. The molecule has 3 aromatic rings. The van der Waals surface area contributed by atoms with Crippen LogP contribution < -0.4 is 25.1 Å². The second-order valence-corrected chi connectivity index (χ2v) is 5.20. The van der Waals surface area contributed by atoms with Crippen LogP contribution in [-0.2, 0) is 0 Å². The van der Waals surface area contributed by atoms with Crippen LogP contribution in [0.25, 0.3) is 5.65 Å². The number of benzene rings is 1. The first-order chi connectivity index (χ1) is 11.8. The maximum atomic E-state index is 12.0. The van der Waals surface area contributed by atoms with E-state index < -0.39 is 0 Å². The highest BCUT2D eigenvalue weighted by Gasteiger charge is 2.13. The molecule has 1 aliphatic heterocycles. The molecule has 0 aliphatic carbocycles. The highest BCUT2D eigenvalue weighted by molar-refractivity contribution is 5.47. The predicted octanol–water partition coefficient (Wildman–Crippen LogP) is 1.91. The topological polar surface area (TPSA) is 74.1 Å². The van der Waals surface area contributed by atoms with Crippen LogP contribution in [0.1, 0.15) is 0 Å². The molecule has 0 unspecified atom stereocenters. The van der Waals surface area contributed by atoms with Crippen LogP contribution in [0.15, 0.2) is 53.5 Å². The first-order valence-corrected chi connectivity index (χ1v) is 7.54. The van der Waals surface area contributed by atoms with Crippen LogP contribution in [0.4, 0.5) is 5.82 Å². The summed E-state index contributed by atoms with van der Waals surface area (Å²) in [5.41, 5.74) is 0.476. The van der Waals surface area contributed by atoms with Crippen LogP contribution in [0.3, 0.4) is 0 Å². The summed E-state index contributed by atoms with van der Waals surface area (Å²) in [6, 6.07) is 12.3. The summed E-state index contributed by atoms with van der Waals surface area (Å²) < 4.78 is 17.7. The Labute approximate surface area is 137 Å². The smallest absolute Gasteiger partial charge is 0.259 e. The third-order valence-electron chi connectivity index (χ3n) is 3.59. The Hall–Kier alpha value is -3.22. The minimum Gasteiger partial charge on any atom is -0.492 e. The Morgan fingerprint density at radius 1 is 1.17 bits per heavy atom. The molecule has 3 heterocycles. The van der Waals surface area contributed by atoms with Crippen molar-refractivity contribution in [2.45, 2.75) is 0 Å². The average molecular weight is 325 g/mol. The molecule has 0 bridgehead atoms. The minimum absolute atomic E-state index is 0.125. The number of ether oxygens (including phenoxy) is 3. The van der Waals surface area contributed by atoms with E-state index in [0.29, 0.717) is 36.1 Å². The fourth-order valence-electron chi connectivity index (χ4n) is 2.46. The van der Waals surface area contributed by atoms with Gasteiger partial charge in [-0.2, -0.15) is 0 Å². The largest absolute Gasteiger partial charge is 0.492 e. The molecule has 0 saturated heterocycles. The highest BCUT2D eigenvalue weighted by Crippen LogP contribution is 2.34. The normalized spacial score (nSPS) is 12.3. The van der Waals surface area contributed by atoms with E-state index in [-0.39, 0.29) is 12.4 Å². The van der Waals surface area contributed by atoms with Crippen molar-refractivity contribution in [1.82, 2.24) is 9.38 Å². The number of fused-ring (bicyclic) bond motifs is 2. The van der Waals surface area contributed by atoms with Gasteiger partial charge in [0.1, 0.15) is 23.8 Å². The summed E-state index contributed by atoms with van der Waals surface area (Å²) in [5.74, 6) is 2.64. The lowest BCUT2D eigenvalue weighted by Gasteiger charge is -2.09. The van der Waals surface area contributed by atoms with Crippen LogP contribution in [0.5, 0.6) is 17.2 Å². The van der Waals surface area contributed by atoms with Gasteiger partial charge in [0.15, 0.2) is 11.5 Å². The van der Waals surface area contributed by atoms with Gasteiger partial charge in [-0.15, -0.1) is 0 Å². The van der Waals surface area contributed by atoms with Gasteiger partial charge in [-0.3, -0.25) is 9.20 Å². The van der Waals surface area contributed by atoms with Crippen molar-refractivity contribution in [3.8, 4) is 17.2 Å². The maximum absolute atomic E-state index is 12.0. The van der Waals surface area contributed by atoms with Crippen LogP contribution in [0, 0.1) is 0 Å². The number of nitrogens with zero attached hydrogens (tertiary/aromatic N) is 2. The van der Waals surface area contributed by atoms with E-state index in [9.17, 15) is 4.79 Å². The standard InChI is InChI=1S/C17H15N3O4/c21-17-10-15(19-16-3-1-2-7-20(16)17)18-6-8-22-12-4-5-13-14(9-12)24-11-23-13/h1-5,7,9-10,18H,6,8,11H2. The number of pyridine rings is 1. The van der Waals surface area contributed by atoms with Gasteiger partial charge in [-0.1, -0.05) is 6.07 Å². The molecule has 0 spiro atoms. The first kappa shape index (κ1) is 14.4. The van der Waals surface area contributed by atoms with Gasteiger partial charge in [0, 0.05) is 18.3 Å². The molecule has 4 rings (SSSR count). The second-order valence-electron chi connectivity index (χ2n) is 5.20. The van der Waals surface area contributed by atoms with Gasteiger partial charge in [0.25, 0.3) is 5.56 Å². The zero-order valence-corrected chi connectivity index (χ0v) is 12.8. The van der Waals surface area contributed by atoms with E-state index in [1.54, 1.807) is 24.4 Å². The van der Waals surface area contributed by atoms with E-state index in [1.165, 1.54) is 10.5 Å². The quantitative estimate of drug-likeness (QED) is 0.723. The van der Waals surface area contributed by atoms with Crippen molar-refractivity contribution in [2.24, 2.45) is 0 Å². The Kier molecular flexibility index (Phi) is 3.66. The molecule has 7 heteroatoms. The van der Waals surface area contributed by atoms with Crippen LogP contribution in [-0.4, -0.2) is 29.3 Å². The summed E-state index contributed by atoms with van der Waals surface area (Å²) >= 11 is 0. The lowest BCUT2D eigenvalue weighted by molar-refractivity contribution is 0.174. The zero-order valence-electron chi connectivity index (χ0n) is 12.8. The predicted molar refractivity (Wildman–Crippen MR) is 88.0 cm³/mol. The molecule has 1 aromatic carbocycles. The van der Waals surface area contributed by atoms with Crippen molar-refractivity contribution < 1.29 is 14.2 Å². The Balaban J connectivity index is 1.37. The van der Waals surface area contributed by atoms with E-state index in [0.717, 1.165) is 5.75 Å². The summed E-state index contributed by atoms with van der Waals surface area (Å²) in [6.45, 7) is 1.18. The molecule has 2 aromatic heterocycles. The van der Waals surface area contributed by atoms with E-state index in [1.807, 2.05) is 18.2 Å². The number of aromatic nitrogens is 2. The summed E-state index contributed by atoms with van der Waals surface area (Å²) in [4.78, 5) is 16.4. The molecule has 0 atom stereocenters. The fraction of sp³-hybridized carbons (Fsp3) is 0.176. The molecule has 0 amide bonds. The van der Waals surface area contributed by atoms with Gasteiger partial charge in [0.05, 0.1) is 6.54 Å². The molecule has 1 N–H and O–H groups in total. The van der Waals surface area contributed by atoms with Gasteiger partial charge in [0.2, 0.25) is 6.79 Å². The third kappa shape index (κ3) is 2.83. The number of hydrogen-bond donors (Lipinski definition) is 1. The highest BCUT2D eigenvalue weighted by atomic mass is 16.7. The minimum atomic E-state index is -0.125. The van der Waals surface area contributed by atoms with Gasteiger partial charge in [-0.25, -0.2) is 4.98 Å². The Morgan fingerprint density at radius 3 is 3.04 bits per heavy atom. The molecule has 0 radical (unpaired) electrons. The van der Waals surface area contributed by atoms with Gasteiger partial charge < -0.3 is 19.5 Å². The van der Waals surface area contributed by atoms with Crippen molar-refractivity contribution in [1.29, 1.82) is 0 Å². The summed E-state index contributed by atoms with van der Waals surface area (Å²) in [5, 5.41) is 3.09. The second kappa shape index (κ2) is 6.11. The van der Waals surface area contributed by atoms with Crippen molar-refractivity contribution in [3.05, 3.63) is 59.0 Å². The van der Waals surface area contributed by atoms with Crippen LogP contribution in [0.2, 0.25) is 0 Å². The van der Waals surface area contributed by atoms with E-state index in [2.05, 4.69) is 10.3 Å². The fourth-order valence-corrected chi connectivity index (χ4v) is 2.46. The van der Waals surface area contributed by atoms with Gasteiger partial charge >= 0.3 is 0 Å². The molecule has 24 heavy (non-hydrogen) atoms. The Bertz CT molecular complexity index is 939. The van der Waals surface area contributed by atoms with Crippen molar-refractivity contribution in [2.75, 3.05) is 25.3 Å². The average Bonchev–Trinajstić information content (AvgIpc) is 3.06. The molecule has 7 nitrogen and oxygen atoms in total. The van der Waals surface area contributed by atoms with Gasteiger partial charge in [-0.05, 0) is 24.3 Å². The monoisotopic (exact) mass is 325 g/mol. The van der Waals surface area contributed by atoms with E-state index in [4.69, 9.17) is 14.2 Å². The third-order valence-corrected chi connectivity index (χ3v) is 3.59. The molecule has 122 valence electrons. The number of hydrogen-bond acceptors (Lipinski definition) is 6. The lowest BCUT2D eigenvalue weighted by Crippen LogP contribution is -2.18. The number of anilines is 1. The molecule has 0 saturated carbocycles. The molecule has 0 fully saturated rings. The van der Waals surface area contributed by atoms with Crippen molar-refractivity contribution >= 4 is 11.5 Å². The van der Waals surface area contributed by atoms with Crippen LogP contribution >= 0.6 is 0 Å². The number of nitrogens with one attached hydrogen (secondary N) is 1. The summed E-state index contributed by atoms with van der Waals surface area (Å²) in [6.07, 6.45) is 1.69. The molecule has 1 aliphatic rings. The Morgan fingerprint density at radius 2 is 2.08 bits per heavy atom. The lowest BCUT2D eigenvalue weighted by atomic mass is 10.3. The summed E-state index contributed by atoms with van der Waals surface area (Å²) in [7, 11) is 0. The van der Waals surface area contributed by atoms with E-state index >= 15 is 0 Å². The number of rotatable bonds is 5. The van der Waals surface area contributed by atoms with Crippen molar-refractivity contribution in [3.63, 3.8) is 0 Å². The molecular weight excluding hydrogens is 310 g/mol. The first-order valence-electron chi connectivity index (χ1n) is 7.54.